The molecule has 0 aromatic rings. The molecule has 0 saturated carbocycles. The summed E-state index contributed by atoms with van der Waals surface area (Å²) in [6.45, 7) is 2.65. The van der Waals surface area contributed by atoms with Crippen LogP contribution in [0.3, 0.4) is 0 Å². The molecule has 0 amide bonds. The Morgan fingerprint density at radius 2 is 1.92 bits per heavy atom. The van der Waals surface area contributed by atoms with Crippen LogP contribution in [0.15, 0.2) is 24.5 Å². The topological polar surface area (TPSA) is 18.5 Å². The van der Waals surface area contributed by atoms with Crippen molar-refractivity contribution in [1.82, 2.24) is 0 Å². The van der Waals surface area contributed by atoms with Gasteiger partial charge < -0.3 is 9.47 Å². The summed E-state index contributed by atoms with van der Waals surface area (Å²) in [5, 5.41) is 0. The van der Waals surface area contributed by atoms with Crippen molar-refractivity contribution in [1.29, 1.82) is 0 Å². The predicted octanol–water partition coefficient (Wildman–Crippen LogP) is 2.27. The van der Waals surface area contributed by atoms with Gasteiger partial charge in [-0.2, -0.15) is 0 Å². The van der Waals surface area contributed by atoms with E-state index >= 15 is 0 Å². The van der Waals surface area contributed by atoms with Crippen molar-refractivity contribution in [3.8, 4) is 0 Å². The molecule has 0 N–H and O–H groups in total. The van der Waals surface area contributed by atoms with Crippen LogP contribution in [0.4, 0.5) is 0 Å². The van der Waals surface area contributed by atoms with Crippen LogP contribution in [0.2, 0.25) is 0 Å². The normalized spacial score (nSPS) is 20.7. The third-order valence-corrected chi connectivity index (χ3v) is 1.64. The van der Waals surface area contributed by atoms with Crippen LogP contribution in [0.1, 0.15) is 19.3 Å². The average Bonchev–Trinajstić information content (AvgIpc) is 2.24. The fraction of sp³-hybridized carbons (Fsp3) is 0.600. The quantitative estimate of drug-likeness (QED) is 0.516. The second kappa shape index (κ2) is 6.92. The number of ether oxygens (including phenoxy) is 2. The third kappa shape index (κ3) is 4.97. The van der Waals surface area contributed by atoms with Gasteiger partial charge in [-0.1, -0.05) is 12.2 Å². The molecular weight excluding hydrogens is 152 g/mol. The Labute approximate surface area is 73.9 Å². The summed E-state index contributed by atoms with van der Waals surface area (Å²) in [4.78, 5) is 0. The van der Waals surface area contributed by atoms with Crippen LogP contribution in [0.25, 0.3) is 0 Å². The molecule has 0 aliphatic carbocycles. The van der Waals surface area contributed by atoms with Gasteiger partial charge in [-0.3, -0.25) is 0 Å². The minimum atomic E-state index is 0.819. The Morgan fingerprint density at radius 3 is 2.08 bits per heavy atom. The lowest BCUT2D eigenvalue weighted by Crippen LogP contribution is -1.96. The molecule has 12 heavy (non-hydrogen) atoms. The molecule has 2 heterocycles. The zero-order valence-electron chi connectivity index (χ0n) is 7.37. The van der Waals surface area contributed by atoms with Gasteiger partial charge in [0.05, 0.1) is 26.1 Å². The Morgan fingerprint density at radius 1 is 0.917 bits per heavy atom. The van der Waals surface area contributed by atoms with Crippen molar-refractivity contribution in [2.45, 2.75) is 19.3 Å². The van der Waals surface area contributed by atoms with Gasteiger partial charge in [0.1, 0.15) is 0 Å². The van der Waals surface area contributed by atoms with Crippen LogP contribution in [-0.4, -0.2) is 19.8 Å². The summed E-state index contributed by atoms with van der Waals surface area (Å²) in [6, 6.07) is 0. The number of hydrogen-bond donors (Lipinski definition) is 0. The standard InChI is InChI=1S/2C5H8O/c2*1-2-4-6-5-3-1/h2,4H,1,3,5H2;1-2H,3-5H2. The monoisotopic (exact) mass is 168 g/mol. The molecular formula is C10H16O2. The van der Waals surface area contributed by atoms with Gasteiger partial charge in [-0.05, 0) is 25.3 Å². The van der Waals surface area contributed by atoms with Gasteiger partial charge in [0.15, 0.2) is 0 Å². The van der Waals surface area contributed by atoms with Gasteiger partial charge >= 0.3 is 0 Å². The average molecular weight is 168 g/mol. The van der Waals surface area contributed by atoms with Crippen LogP contribution in [0.5, 0.6) is 0 Å². The third-order valence-electron chi connectivity index (χ3n) is 1.64. The second-order valence-electron chi connectivity index (χ2n) is 2.72. The smallest absolute Gasteiger partial charge is 0.0876 e. The van der Waals surface area contributed by atoms with Gasteiger partial charge in [-0.15, -0.1) is 0 Å². The van der Waals surface area contributed by atoms with E-state index in [-0.39, 0.29) is 0 Å². The molecule has 2 nitrogen and oxygen atoms in total. The Bertz CT molecular complexity index is 116. The van der Waals surface area contributed by atoms with Crippen LogP contribution in [-0.2, 0) is 9.47 Å². The van der Waals surface area contributed by atoms with Crippen LogP contribution >= 0.6 is 0 Å². The molecule has 0 bridgehead atoms. The van der Waals surface area contributed by atoms with Crippen molar-refractivity contribution < 1.29 is 9.47 Å². The van der Waals surface area contributed by atoms with Gasteiger partial charge in [-0.25, -0.2) is 0 Å². The van der Waals surface area contributed by atoms with E-state index in [1.165, 1.54) is 12.8 Å². The molecule has 2 rings (SSSR count). The summed E-state index contributed by atoms with van der Waals surface area (Å²) in [5.74, 6) is 0. The first-order valence-corrected chi connectivity index (χ1v) is 4.49. The van der Waals surface area contributed by atoms with E-state index in [1.54, 1.807) is 6.26 Å². The molecule has 2 aliphatic rings. The molecule has 0 radical (unpaired) electrons. The minimum absolute atomic E-state index is 0.819. The molecule has 0 atom stereocenters. The largest absolute Gasteiger partial charge is 0.502 e. The predicted molar refractivity (Wildman–Crippen MR) is 48.9 cm³/mol. The molecule has 2 aliphatic heterocycles. The molecule has 0 spiro atoms. The molecule has 0 aromatic carbocycles. The van der Waals surface area contributed by atoms with Crippen molar-refractivity contribution in [3.05, 3.63) is 24.5 Å². The van der Waals surface area contributed by atoms with Gasteiger partial charge in [0.2, 0.25) is 0 Å². The number of rotatable bonds is 0. The van der Waals surface area contributed by atoms with Crippen LogP contribution < -0.4 is 0 Å². The first-order valence-electron chi connectivity index (χ1n) is 4.49. The van der Waals surface area contributed by atoms with E-state index in [0.717, 1.165) is 26.2 Å². The van der Waals surface area contributed by atoms with Gasteiger partial charge in [0, 0.05) is 0 Å². The summed E-state index contributed by atoms with van der Waals surface area (Å²) in [6.07, 6.45) is 11.5. The highest BCUT2D eigenvalue weighted by atomic mass is 16.5. The van der Waals surface area contributed by atoms with E-state index in [4.69, 9.17) is 9.47 Å². The second-order valence-corrected chi connectivity index (χ2v) is 2.72. The Balaban J connectivity index is 0.000000120. The van der Waals surface area contributed by atoms with Crippen LogP contribution in [0, 0.1) is 0 Å². The first-order chi connectivity index (χ1) is 6.00. The summed E-state index contributed by atoms with van der Waals surface area (Å²) in [7, 11) is 0. The van der Waals surface area contributed by atoms with Crippen molar-refractivity contribution in [2.75, 3.05) is 19.8 Å². The summed E-state index contributed by atoms with van der Waals surface area (Å²) < 4.78 is 9.87. The molecule has 68 valence electrons. The number of allylic oxidation sites excluding steroid dienone is 1. The Hall–Kier alpha value is -0.760. The Kier molecular flexibility index (Phi) is 5.38. The maximum atomic E-state index is 4.98. The highest BCUT2D eigenvalue weighted by Gasteiger charge is 1.86. The molecule has 2 heteroatoms. The maximum absolute atomic E-state index is 4.98. The van der Waals surface area contributed by atoms with E-state index in [0.29, 0.717) is 0 Å². The summed E-state index contributed by atoms with van der Waals surface area (Å²) in [5.41, 5.74) is 0. The zero-order chi connectivity index (χ0) is 8.49. The molecule has 0 unspecified atom stereocenters. The maximum Gasteiger partial charge on any atom is 0.0876 e. The minimum Gasteiger partial charge on any atom is -0.502 e. The molecule has 0 fully saturated rings. The van der Waals surface area contributed by atoms with Crippen molar-refractivity contribution >= 4 is 0 Å². The lowest BCUT2D eigenvalue weighted by Gasteiger charge is -2.01. The molecule has 0 aromatic heterocycles. The van der Waals surface area contributed by atoms with E-state index < -0.39 is 0 Å². The summed E-state index contributed by atoms with van der Waals surface area (Å²) >= 11 is 0. The molecule has 0 saturated heterocycles. The van der Waals surface area contributed by atoms with E-state index in [9.17, 15) is 0 Å². The highest BCUT2D eigenvalue weighted by Crippen LogP contribution is 1.97. The van der Waals surface area contributed by atoms with E-state index in [2.05, 4.69) is 6.08 Å². The van der Waals surface area contributed by atoms with Crippen molar-refractivity contribution in [3.63, 3.8) is 0 Å². The first kappa shape index (κ1) is 9.33. The zero-order valence-corrected chi connectivity index (χ0v) is 7.37. The number of hydrogen-bond acceptors (Lipinski definition) is 2. The fourth-order valence-corrected chi connectivity index (χ4v) is 0.977. The SMILES string of the molecule is C1=CCOCC1.C1=COCCC1. The highest BCUT2D eigenvalue weighted by molar-refractivity contribution is 4.84. The fourth-order valence-electron chi connectivity index (χ4n) is 0.977. The van der Waals surface area contributed by atoms with Gasteiger partial charge in [0.25, 0.3) is 0 Å². The van der Waals surface area contributed by atoms with Crippen molar-refractivity contribution in [2.24, 2.45) is 0 Å². The van der Waals surface area contributed by atoms with E-state index in [1.807, 2.05) is 12.2 Å². The lowest BCUT2D eigenvalue weighted by molar-refractivity contribution is 0.158. The lowest BCUT2D eigenvalue weighted by atomic mass is 10.3.